The lowest BCUT2D eigenvalue weighted by Crippen LogP contribution is -2.52. The number of carbonyl (C=O) groups excluding carboxylic acids is 1. The van der Waals surface area contributed by atoms with Gasteiger partial charge in [-0.2, -0.15) is 0 Å². The van der Waals surface area contributed by atoms with E-state index in [1.54, 1.807) is 12.1 Å². The second kappa shape index (κ2) is 8.05. The highest BCUT2D eigenvalue weighted by atomic mass is 19.1. The molecular weight excluding hydrogens is 307 g/mol. The molecule has 2 fully saturated rings. The first-order valence-corrected chi connectivity index (χ1v) is 8.90. The molecule has 24 heavy (non-hydrogen) atoms. The number of amides is 1. The molecule has 3 rings (SSSR count). The molecule has 0 saturated carbocycles. The number of benzene rings is 1. The van der Waals surface area contributed by atoms with E-state index in [0.29, 0.717) is 12.5 Å². The van der Waals surface area contributed by atoms with Crippen molar-refractivity contribution in [1.82, 2.24) is 21.1 Å². The van der Waals surface area contributed by atoms with Gasteiger partial charge < -0.3 is 5.32 Å². The van der Waals surface area contributed by atoms with Crippen LogP contribution in [0.2, 0.25) is 0 Å². The molecule has 2 aliphatic heterocycles. The van der Waals surface area contributed by atoms with Gasteiger partial charge in [0.1, 0.15) is 5.82 Å². The van der Waals surface area contributed by atoms with Gasteiger partial charge >= 0.3 is 0 Å². The van der Waals surface area contributed by atoms with E-state index in [2.05, 4.69) is 28.0 Å². The van der Waals surface area contributed by atoms with Crippen molar-refractivity contribution >= 4 is 5.91 Å². The Bertz CT molecular complexity index is 560. The Morgan fingerprint density at radius 2 is 2.25 bits per heavy atom. The molecule has 1 amide bonds. The largest absolute Gasteiger partial charge is 0.340 e. The van der Waals surface area contributed by atoms with E-state index < -0.39 is 0 Å². The summed E-state index contributed by atoms with van der Waals surface area (Å²) in [4.78, 5) is 12.3. The van der Waals surface area contributed by atoms with Crippen LogP contribution in [0.5, 0.6) is 0 Å². The number of carbonyl (C=O) groups is 1. The van der Waals surface area contributed by atoms with E-state index in [4.69, 9.17) is 0 Å². The van der Waals surface area contributed by atoms with Crippen LogP contribution in [0.3, 0.4) is 0 Å². The third-order valence-corrected chi connectivity index (χ3v) is 5.00. The maximum Gasteiger partial charge on any atom is 0.227 e. The topological polar surface area (TPSA) is 56.4 Å². The van der Waals surface area contributed by atoms with Crippen LogP contribution in [0.4, 0.5) is 4.39 Å². The highest BCUT2D eigenvalue weighted by molar-refractivity contribution is 5.79. The van der Waals surface area contributed by atoms with Crippen LogP contribution in [0.15, 0.2) is 24.3 Å². The number of halogens is 1. The molecule has 0 aromatic heterocycles. The van der Waals surface area contributed by atoms with Crippen LogP contribution in [-0.2, 0) is 11.2 Å². The summed E-state index contributed by atoms with van der Waals surface area (Å²) in [5.74, 6) is 0.465. The lowest BCUT2D eigenvalue weighted by atomic mass is 9.91. The van der Waals surface area contributed by atoms with E-state index in [-0.39, 0.29) is 23.8 Å². The summed E-state index contributed by atoms with van der Waals surface area (Å²) in [5.41, 5.74) is 4.28. The maximum absolute atomic E-state index is 13.3. The normalized spacial score (nSPS) is 28.0. The highest BCUT2D eigenvalue weighted by Crippen LogP contribution is 2.19. The Kier molecular flexibility index (Phi) is 5.81. The van der Waals surface area contributed by atoms with Crippen molar-refractivity contribution in [2.45, 2.75) is 32.4 Å². The molecule has 5 nitrogen and oxygen atoms in total. The predicted octanol–water partition coefficient (Wildman–Crippen LogP) is 1.27. The first kappa shape index (κ1) is 17.3. The van der Waals surface area contributed by atoms with Crippen LogP contribution >= 0.6 is 0 Å². The highest BCUT2D eigenvalue weighted by Gasteiger charge is 2.29. The van der Waals surface area contributed by atoms with Gasteiger partial charge in [-0.15, -0.1) is 0 Å². The van der Waals surface area contributed by atoms with Crippen molar-refractivity contribution in [3.63, 3.8) is 0 Å². The minimum atomic E-state index is -0.173. The van der Waals surface area contributed by atoms with E-state index in [0.717, 1.165) is 44.5 Å². The van der Waals surface area contributed by atoms with Gasteiger partial charge in [0.2, 0.25) is 5.91 Å². The Morgan fingerprint density at radius 1 is 1.38 bits per heavy atom. The standard InChI is InChI=1S/C18H27FN4O/c1-2-23-12-15(11-21-23)18(24)22-17-7-6-14(10-20-17)8-13-4-3-5-16(19)9-13/h3-5,9,14-15,17,20-21H,2,6-8,10-12H2,1H3,(H,22,24). The Labute approximate surface area is 143 Å². The monoisotopic (exact) mass is 334 g/mol. The zero-order valence-corrected chi connectivity index (χ0v) is 14.2. The molecule has 0 aliphatic carbocycles. The number of rotatable bonds is 5. The predicted molar refractivity (Wildman–Crippen MR) is 91.5 cm³/mol. The Balaban J connectivity index is 1.41. The fourth-order valence-electron chi connectivity index (χ4n) is 3.55. The number of hydrazine groups is 1. The molecule has 0 spiro atoms. The van der Waals surface area contributed by atoms with Gasteiger partial charge in [0.05, 0.1) is 12.1 Å². The molecule has 132 valence electrons. The maximum atomic E-state index is 13.3. The molecule has 2 heterocycles. The Morgan fingerprint density at radius 3 is 2.92 bits per heavy atom. The summed E-state index contributed by atoms with van der Waals surface area (Å²) >= 11 is 0. The SMILES string of the molecule is CCN1CC(C(=O)NC2CCC(Cc3cccc(F)c3)CN2)CN1. The van der Waals surface area contributed by atoms with Gasteiger partial charge in [0, 0.05) is 26.2 Å². The van der Waals surface area contributed by atoms with E-state index in [1.807, 2.05) is 6.07 Å². The average Bonchev–Trinajstić information content (AvgIpc) is 3.06. The third-order valence-electron chi connectivity index (χ3n) is 5.00. The molecule has 3 N–H and O–H groups in total. The zero-order chi connectivity index (χ0) is 16.9. The molecule has 3 unspecified atom stereocenters. The second-order valence-corrected chi connectivity index (χ2v) is 6.84. The van der Waals surface area contributed by atoms with Gasteiger partial charge in [0.15, 0.2) is 0 Å². The lowest BCUT2D eigenvalue weighted by molar-refractivity contribution is -0.125. The minimum Gasteiger partial charge on any atom is -0.340 e. The second-order valence-electron chi connectivity index (χ2n) is 6.84. The molecule has 1 aromatic rings. The molecule has 0 radical (unpaired) electrons. The van der Waals surface area contributed by atoms with Crippen LogP contribution in [0.25, 0.3) is 0 Å². The summed E-state index contributed by atoms with van der Waals surface area (Å²) in [7, 11) is 0. The summed E-state index contributed by atoms with van der Waals surface area (Å²) in [5, 5.41) is 8.62. The molecule has 2 saturated heterocycles. The average molecular weight is 334 g/mol. The third kappa shape index (κ3) is 4.53. The van der Waals surface area contributed by atoms with Gasteiger partial charge in [0.25, 0.3) is 0 Å². The molecule has 1 aromatic carbocycles. The van der Waals surface area contributed by atoms with Crippen molar-refractivity contribution < 1.29 is 9.18 Å². The fourth-order valence-corrected chi connectivity index (χ4v) is 3.55. The number of piperidine rings is 1. The zero-order valence-electron chi connectivity index (χ0n) is 14.2. The van der Waals surface area contributed by atoms with Crippen LogP contribution in [0, 0.1) is 17.7 Å². The number of hydrogen-bond donors (Lipinski definition) is 3. The summed E-state index contributed by atoms with van der Waals surface area (Å²) in [6.45, 7) is 5.33. The number of hydrogen-bond acceptors (Lipinski definition) is 4. The van der Waals surface area contributed by atoms with Gasteiger partial charge in [-0.25, -0.2) is 9.40 Å². The quantitative estimate of drug-likeness (QED) is 0.759. The van der Waals surface area contributed by atoms with Crippen LogP contribution in [-0.4, -0.2) is 43.3 Å². The Hall–Kier alpha value is -1.50. The van der Waals surface area contributed by atoms with Crippen molar-refractivity contribution in [2.24, 2.45) is 11.8 Å². The fraction of sp³-hybridized carbons (Fsp3) is 0.611. The first-order valence-electron chi connectivity index (χ1n) is 8.90. The van der Waals surface area contributed by atoms with Gasteiger partial charge in [-0.3, -0.25) is 15.5 Å². The summed E-state index contributed by atoms with van der Waals surface area (Å²) in [6.07, 6.45) is 2.89. The van der Waals surface area contributed by atoms with E-state index in [1.165, 1.54) is 6.07 Å². The lowest BCUT2D eigenvalue weighted by Gasteiger charge is -2.31. The van der Waals surface area contributed by atoms with E-state index >= 15 is 0 Å². The van der Waals surface area contributed by atoms with Gasteiger partial charge in [-0.1, -0.05) is 19.1 Å². The summed E-state index contributed by atoms with van der Waals surface area (Å²) < 4.78 is 13.3. The van der Waals surface area contributed by atoms with Crippen LogP contribution in [0.1, 0.15) is 25.3 Å². The van der Waals surface area contributed by atoms with Crippen molar-refractivity contribution in [2.75, 3.05) is 26.2 Å². The van der Waals surface area contributed by atoms with Crippen molar-refractivity contribution in [1.29, 1.82) is 0 Å². The van der Waals surface area contributed by atoms with Crippen molar-refractivity contribution in [3.05, 3.63) is 35.6 Å². The first-order chi connectivity index (χ1) is 11.6. The van der Waals surface area contributed by atoms with Crippen molar-refractivity contribution in [3.8, 4) is 0 Å². The number of nitrogens with zero attached hydrogens (tertiary/aromatic N) is 1. The minimum absolute atomic E-state index is 0.0248. The molecule has 0 bridgehead atoms. The smallest absolute Gasteiger partial charge is 0.227 e. The molecular formula is C18H27FN4O. The van der Waals surface area contributed by atoms with E-state index in [9.17, 15) is 9.18 Å². The van der Waals surface area contributed by atoms with Gasteiger partial charge in [-0.05, 0) is 42.9 Å². The van der Waals surface area contributed by atoms with Crippen LogP contribution < -0.4 is 16.1 Å². The number of nitrogens with one attached hydrogen (secondary N) is 3. The molecule has 2 aliphatic rings. The molecule has 6 heteroatoms. The molecule has 3 atom stereocenters. The summed E-state index contributed by atoms with van der Waals surface area (Å²) in [6, 6.07) is 6.83.